The van der Waals surface area contributed by atoms with Crippen LogP contribution in [0.25, 0.3) is 0 Å². The van der Waals surface area contributed by atoms with Crippen LogP contribution in [0.1, 0.15) is 60.8 Å². The zero-order chi connectivity index (χ0) is 15.4. The van der Waals surface area contributed by atoms with Crippen molar-refractivity contribution in [3.05, 3.63) is 0 Å². The molecular weight excluding hydrogens is 252 g/mol. The number of hydrogen-bond acceptors (Lipinski definition) is 2. The minimum atomic E-state index is -0.350. The number of piperazine rings is 1. The van der Waals surface area contributed by atoms with Crippen LogP contribution in [-0.4, -0.2) is 34.8 Å². The van der Waals surface area contributed by atoms with E-state index in [9.17, 15) is 9.59 Å². The first-order valence-electron chi connectivity index (χ1n) is 7.95. The highest BCUT2D eigenvalue weighted by atomic mass is 16.2. The third-order valence-electron chi connectivity index (χ3n) is 4.39. The first-order chi connectivity index (χ1) is 9.33. The molecule has 1 aliphatic rings. The molecule has 4 nitrogen and oxygen atoms in total. The summed E-state index contributed by atoms with van der Waals surface area (Å²) >= 11 is 0. The monoisotopic (exact) mass is 282 g/mol. The molecule has 1 fully saturated rings. The van der Waals surface area contributed by atoms with E-state index in [-0.39, 0.29) is 35.9 Å². The van der Waals surface area contributed by atoms with Crippen molar-refractivity contribution in [1.82, 2.24) is 10.2 Å². The Kier molecular flexibility index (Phi) is 6.03. The van der Waals surface area contributed by atoms with Gasteiger partial charge in [0.1, 0.15) is 12.1 Å². The molecule has 0 radical (unpaired) electrons. The Bertz CT molecular complexity index is 354. The number of hydrogen-bond donors (Lipinski definition) is 1. The highest BCUT2D eigenvalue weighted by Crippen LogP contribution is 2.25. The number of carbonyl (C=O) groups excluding carboxylic acids is 2. The lowest BCUT2D eigenvalue weighted by molar-refractivity contribution is -0.154. The lowest BCUT2D eigenvalue weighted by atomic mass is 9.91. The third-order valence-corrected chi connectivity index (χ3v) is 4.39. The van der Waals surface area contributed by atoms with Crippen molar-refractivity contribution in [2.75, 3.05) is 0 Å². The molecule has 1 aliphatic heterocycles. The fraction of sp³-hybridized carbons (Fsp3) is 0.875. The zero-order valence-electron chi connectivity index (χ0n) is 13.8. The molecule has 0 bridgehead atoms. The minimum Gasteiger partial charge on any atom is -0.343 e. The molecule has 0 aliphatic carbocycles. The molecule has 0 aromatic heterocycles. The maximum absolute atomic E-state index is 12.6. The molecule has 0 aromatic rings. The van der Waals surface area contributed by atoms with E-state index < -0.39 is 0 Å². The molecule has 1 N–H and O–H groups in total. The summed E-state index contributed by atoms with van der Waals surface area (Å²) in [6, 6.07) is -0.564. The van der Waals surface area contributed by atoms with Crippen LogP contribution in [0.5, 0.6) is 0 Å². The standard InChI is InChI=1S/C16H30N2O2/c1-7-11(5)9-12(6)18-14(10(3)4)15(19)17-13(8-2)16(18)20/h10-14H,7-9H2,1-6H3,(H,17,19). The Morgan fingerprint density at radius 1 is 1.15 bits per heavy atom. The van der Waals surface area contributed by atoms with E-state index in [1.165, 1.54) is 0 Å². The lowest BCUT2D eigenvalue weighted by Crippen LogP contribution is -2.66. The molecular formula is C16H30N2O2. The summed E-state index contributed by atoms with van der Waals surface area (Å²) in [5.74, 6) is 0.788. The Hall–Kier alpha value is -1.06. The maximum atomic E-state index is 12.6. The van der Waals surface area contributed by atoms with Gasteiger partial charge >= 0.3 is 0 Å². The highest BCUT2D eigenvalue weighted by molar-refractivity contribution is 5.97. The summed E-state index contributed by atoms with van der Waals surface area (Å²) in [6.45, 7) is 12.4. The van der Waals surface area contributed by atoms with Gasteiger partial charge in [-0.05, 0) is 31.6 Å². The first-order valence-corrected chi connectivity index (χ1v) is 7.95. The van der Waals surface area contributed by atoms with Crippen LogP contribution in [0.4, 0.5) is 0 Å². The second-order valence-electron chi connectivity index (χ2n) is 6.50. The molecule has 0 saturated carbocycles. The Morgan fingerprint density at radius 2 is 1.75 bits per heavy atom. The number of nitrogens with one attached hydrogen (secondary N) is 1. The van der Waals surface area contributed by atoms with Crippen molar-refractivity contribution >= 4 is 11.8 Å². The Balaban J connectivity index is 2.99. The number of rotatable bonds is 6. The second-order valence-corrected chi connectivity index (χ2v) is 6.50. The van der Waals surface area contributed by atoms with E-state index in [4.69, 9.17) is 0 Å². The van der Waals surface area contributed by atoms with Crippen LogP contribution in [-0.2, 0) is 9.59 Å². The van der Waals surface area contributed by atoms with Crippen LogP contribution in [0.2, 0.25) is 0 Å². The molecule has 4 atom stereocenters. The van der Waals surface area contributed by atoms with Crippen molar-refractivity contribution in [1.29, 1.82) is 0 Å². The van der Waals surface area contributed by atoms with Gasteiger partial charge in [0.2, 0.25) is 11.8 Å². The average molecular weight is 282 g/mol. The smallest absolute Gasteiger partial charge is 0.246 e. The van der Waals surface area contributed by atoms with Crippen LogP contribution >= 0.6 is 0 Å². The van der Waals surface area contributed by atoms with E-state index in [0.717, 1.165) is 12.8 Å². The largest absolute Gasteiger partial charge is 0.343 e. The normalized spacial score (nSPS) is 26.6. The second kappa shape index (κ2) is 7.09. The predicted molar refractivity (Wildman–Crippen MR) is 81.2 cm³/mol. The van der Waals surface area contributed by atoms with Crippen molar-refractivity contribution < 1.29 is 9.59 Å². The molecule has 1 heterocycles. The highest BCUT2D eigenvalue weighted by Gasteiger charge is 2.43. The maximum Gasteiger partial charge on any atom is 0.246 e. The molecule has 0 spiro atoms. The molecule has 1 rings (SSSR count). The molecule has 20 heavy (non-hydrogen) atoms. The third kappa shape index (κ3) is 3.53. The van der Waals surface area contributed by atoms with E-state index >= 15 is 0 Å². The summed E-state index contributed by atoms with van der Waals surface area (Å²) in [4.78, 5) is 26.8. The van der Waals surface area contributed by atoms with Crippen molar-refractivity contribution in [2.24, 2.45) is 11.8 Å². The van der Waals surface area contributed by atoms with Gasteiger partial charge in [-0.25, -0.2) is 0 Å². The Morgan fingerprint density at radius 3 is 2.20 bits per heavy atom. The van der Waals surface area contributed by atoms with Crippen molar-refractivity contribution in [3.8, 4) is 0 Å². The zero-order valence-corrected chi connectivity index (χ0v) is 13.8. The topological polar surface area (TPSA) is 49.4 Å². The average Bonchev–Trinajstić information content (AvgIpc) is 2.39. The number of amides is 2. The summed E-state index contributed by atoms with van der Waals surface area (Å²) in [7, 11) is 0. The fourth-order valence-electron chi connectivity index (χ4n) is 3.02. The molecule has 1 saturated heterocycles. The van der Waals surface area contributed by atoms with Gasteiger partial charge in [-0.2, -0.15) is 0 Å². The first kappa shape index (κ1) is 17.0. The van der Waals surface area contributed by atoms with E-state index in [0.29, 0.717) is 12.3 Å². The van der Waals surface area contributed by atoms with Gasteiger partial charge in [0, 0.05) is 6.04 Å². The van der Waals surface area contributed by atoms with Gasteiger partial charge in [-0.1, -0.05) is 41.0 Å². The SMILES string of the molecule is CCC(C)CC(C)N1C(=O)C(CC)NC(=O)C1C(C)C. The van der Waals surface area contributed by atoms with Gasteiger partial charge in [-0.3, -0.25) is 9.59 Å². The molecule has 4 unspecified atom stereocenters. The van der Waals surface area contributed by atoms with Crippen LogP contribution in [0, 0.1) is 11.8 Å². The summed E-state index contributed by atoms with van der Waals surface area (Å²) < 4.78 is 0. The molecule has 4 heteroatoms. The molecule has 0 aromatic carbocycles. The van der Waals surface area contributed by atoms with Gasteiger partial charge in [0.15, 0.2) is 0 Å². The van der Waals surface area contributed by atoms with Gasteiger partial charge in [-0.15, -0.1) is 0 Å². The number of nitrogens with zero attached hydrogens (tertiary/aromatic N) is 1. The molecule has 116 valence electrons. The van der Waals surface area contributed by atoms with Gasteiger partial charge in [0.25, 0.3) is 0 Å². The quantitative estimate of drug-likeness (QED) is 0.814. The van der Waals surface area contributed by atoms with Crippen molar-refractivity contribution in [3.63, 3.8) is 0 Å². The van der Waals surface area contributed by atoms with E-state index in [2.05, 4.69) is 26.1 Å². The van der Waals surface area contributed by atoms with E-state index in [1.54, 1.807) is 0 Å². The summed E-state index contributed by atoms with van der Waals surface area (Å²) in [5.41, 5.74) is 0. The summed E-state index contributed by atoms with van der Waals surface area (Å²) in [5, 5.41) is 2.87. The summed E-state index contributed by atoms with van der Waals surface area (Å²) in [6.07, 6.45) is 2.71. The predicted octanol–water partition coefficient (Wildman–Crippen LogP) is 2.57. The van der Waals surface area contributed by atoms with Gasteiger partial charge in [0.05, 0.1) is 0 Å². The van der Waals surface area contributed by atoms with E-state index in [1.807, 2.05) is 25.7 Å². The van der Waals surface area contributed by atoms with Crippen molar-refractivity contribution in [2.45, 2.75) is 78.9 Å². The van der Waals surface area contributed by atoms with Crippen LogP contribution < -0.4 is 5.32 Å². The number of carbonyl (C=O) groups is 2. The fourth-order valence-corrected chi connectivity index (χ4v) is 3.02. The lowest BCUT2D eigenvalue weighted by Gasteiger charge is -2.44. The minimum absolute atomic E-state index is 0.00227. The Labute approximate surface area is 123 Å². The molecule has 2 amide bonds. The van der Waals surface area contributed by atoms with Crippen LogP contribution in [0.3, 0.4) is 0 Å². The van der Waals surface area contributed by atoms with Crippen LogP contribution in [0.15, 0.2) is 0 Å². The van der Waals surface area contributed by atoms with Gasteiger partial charge < -0.3 is 10.2 Å².